The Morgan fingerprint density at radius 1 is 1.16 bits per heavy atom. The first-order valence-corrected chi connectivity index (χ1v) is 8.42. The number of carbonyl (C=O) groups excluding carboxylic acids is 1. The number of unbranched alkanes of at least 4 members (excludes halogenated alkanes) is 1. The van der Waals surface area contributed by atoms with E-state index in [1.54, 1.807) is 0 Å². The molecule has 1 atom stereocenters. The summed E-state index contributed by atoms with van der Waals surface area (Å²) in [5, 5.41) is 3.34. The Morgan fingerprint density at radius 2 is 1.84 bits per heavy atom. The van der Waals surface area contributed by atoms with Gasteiger partial charge < -0.3 is 5.32 Å². The van der Waals surface area contributed by atoms with Crippen LogP contribution in [0, 0.1) is 11.8 Å². The van der Waals surface area contributed by atoms with E-state index >= 15 is 0 Å². The zero-order chi connectivity index (χ0) is 14.1. The molecule has 2 nitrogen and oxygen atoms in total. The smallest absolute Gasteiger partial charge is 0.220 e. The van der Waals surface area contributed by atoms with Gasteiger partial charge in [-0.3, -0.25) is 4.79 Å². The lowest BCUT2D eigenvalue weighted by molar-refractivity contribution is -0.122. The Balaban J connectivity index is 2.41. The van der Waals surface area contributed by atoms with Crippen molar-refractivity contribution in [3.05, 3.63) is 0 Å². The van der Waals surface area contributed by atoms with Crippen LogP contribution in [0.1, 0.15) is 85.0 Å². The highest BCUT2D eigenvalue weighted by atomic mass is 16.1. The number of amides is 1. The van der Waals surface area contributed by atoms with Gasteiger partial charge in [0, 0.05) is 12.5 Å². The van der Waals surface area contributed by atoms with Crippen molar-refractivity contribution in [2.45, 2.75) is 91.0 Å². The van der Waals surface area contributed by atoms with Crippen LogP contribution in [0.25, 0.3) is 0 Å². The Labute approximate surface area is 119 Å². The van der Waals surface area contributed by atoms with Crippen molar-refractivity contribution in [3.8, 4) is 0 Å². The van der Waals surface area contributed by atoms with Crippen molar-refractivity contribution < 1.29 is 4.79 Å². The third-order valence-corrected chi connectivity index (χ3v) is 4.38. The minimum absolute atomic E-state index is 0.278. The summed E-state index contributed by atoms with van der Waals surface area (Å²) < 4.78 is 0. The monoisotopic (exact) mass is 267 g/mol. The molecule has 1 unspecified atom stereocenters. The van der Waals surface area contributed by atoms with Gasteiger partial charge in [0.25, 0.3) is 0 Å². The molecular formula is C17H33NO. The summed E-state index contributed by atoms with van der Waals surface area (Å²) in [6, 6.07) is 0.444. The van der Waals surface area contributed by atoms with E-state index in [0.717, 1.165) is 12.3 Å². The highest BCUT2D eigenvalue weighted by molar-refractivity contribution is 5.76. The van der Waals surface area contributed by atoms with E-state index in [2.05, 4.69) is 26.1 Å². The van der Waals surface area contributed by atoms with Gasteiger partial charge >= 0.3 is 0 Å². The summed E-state index contributed by atoms with van der Waals surface area (Å²) in [5.74, 6) is 1.64. The minimum atomic E-state index is 0.278. The predicted molar refractivity (Wildman–Crippen MR) is 82.1 cm³/mol. The molecule has 0 radical (unpaired) electrons. The Hall–Kier alpha value is -0.530. The zero-order valence-corrected chi connectivity index (χ0v) is 13.2. The molecular weight excluding hydrogens is 234 g/mol. The van der Waals surface area contributed by atoms with Crippen molar-refractivity contribution in [2.75, 3.05) is 0 Å². The SMILES string of the molecule is CCCCC(NC(=O)CCC(C)C)C1CCCCC1. The van der Waals surface area contributed by atoms with Crippen LogP contribution in [0.2, 0.25) is 0 Å². The van der Waals surface area contributed by atoms with Crippen LogP contribution in [0.15, 0.2) is 0 Å². The molecule has 0 aromatic heterocycles. The second kappa shape index (κ2) is 9.39. The van der Waals surface area contributed by atoms with Gasteiger partial charge in [-0.2, -0.15) is 0 Å². The highest BCUT2D eigenvalue weighted by Crippen LogP contribution is 2.28. The average Bonchev–Trinajstić information content (AvgIpc) is 2.42. The Morgan fingerprint density at radius 3 is 2.42 bits per heavy atom. The predicted octanol–water partition coefficient (Wildman–Crippen LogP) is 4.68. The number of rotatable bonds is 8. The van der Waals surface area contributed by atoms with Gasteiger partial charge in [0.15, 0.2) is 0 Å². The topological polar surface area (TPSA) is 29.1 Å². The van der Waals surface area contributed by atoms with Crippen molar-refractivity contribution in [2.24, 2.45) is 11.8 Å². The lowest BCUT2D eigenvalue weighted by Gasteiger charge is -2.31. The van der Waals surface area contributed by atoms with Crippen LogP contribution in [0.5, 0.6) is 0 Å². The van der Waals surface area contributed by atoms with Crippen LogP contribution >= 0.6 is 0 Å². The maximum atomic E-state index is 12.1. The summed E-state index contributed by atoms with van der Waals surface area (Å²) in [6.45, 7) is 6.60. The standard InChI is InChI=1S/C17H33NO/c1-4-5-11-16(15-9-7-6-8-10-15)18-17(19)13-12-14(2)3/h14-16H,4-13H2,1-3H3,(H,18,19). The van der Waals surface area contributed by atoms with Gasteiger partial charge in [0.05, 0.1) is 0 Å². The summed E-state index contributed by atoms with van der Waals surface area (Å²) in [4.78, 5) is 12.1. The van der Waals surface area contributed by atoms with E-state index in [4.69, 9.17) is 0 Å². The van der Waals surface area contributed by atoms with E-state index in [0.29, 0.717) is 18.4 Å². The summed E-state index contributed by atoms with van der Waals surface area (Å²) in [7, 11) is 0. The van der Waals surface area contributed by atoms with E-state index in [9.17, 15) is 4.79 Å². The normalized spacial score (nSPS) is 18.5. The third kappa shape index (κ3) is 6.98. The first-order valence-electron chi connectivity index (χ1n) is 8.42. The molecule has 1 fully saturated rings. The van der Waals surface area contributed by atoms with Crippen molar-refractivity contribution in [3.63, 3.8) is 0 Å². The largest absolute Gasteiger partial charge is 0.353 e. The Kier molecular flexibility index (Phi) is 8.16. The van der Waals surface area contributed by atoms with Crippen LogP contribution in [-0.2, 0) is 4.79 Å². The third-order valence-electron chi connectivity index (χ3n) is 4.38. The molecule has 0 aromatic rings. The van der Waals surface area contributed by atoms with E-state index < -0.39 is 0 Å². The number of carbonyl (C=O) groups is 1. The first kappa shape index (κ1) is 16.5. The lowest BCUT2D eigenvalue weighted by Crippen LogP contribution is -2.41. The van der Waals surface area contributed by atoms with Gasteiger partial charge in [-0.15, -0.1) is 0 Å². The van der Waals surface area contributed by atoms with Crippen LogP contribution in [-0.4, -0.2) is 11.9 Å². The first-order chi connectivity index (χ1) is 9.13. The fraction of sp³-hybridized carbons (Fsp3) is 0.941. The van der Waals surface area contributed by atoms with Crippen molar-refractivity contribution in [1.82, 2.24) is 5.32 Å². The van der Waals surface area contributed by atoms with Crippen molar-refractivity contribution >= 4 is 5.91 Å². The molecule has 0 bridgehead atoms. The zero-order valence-electron chi connectivity index (χ0n) is 13.2. The minimum Gasteiger partial charge on any atom is -0.353 e. The molecule has 0 saturated heterocycles. The summed E-state index contributed by atoms with van der Waals surface area (Å²) >= 11 is 0. The van der Waals surface area contributed by atoms with Crippen LogP contribution in [0.4, 0.5) is 0 Å². The van der Waals surface area contributed by atoms with Gasteiger partial charge in [0.1, 0.15) is 0 Å². The van der Waals surface area contributed by atoms with E-state index in [1.165, 1.54) is 51.4 Å². The molecule has 1 saturated carbocycles. The summed E-state index contributed by atoms with van der Waals surface area (Å²) in [6.07, 6.45) is 12.1. The molecule has 1 rings (SSSR count). The van der Waals surface area contributed by atoms with Gasteiger partial charge in [-0.25, -0.2) is 0 Å². The molecule has 112 valence electrons. The average molecular weight is 267 g/mol. The molecule has 0 aromatic carbocycles. The molecule has 1 amide bonds. The van der Waals surface area contributed by atoms with Crippen molar-refractivity contribution in [1.29, 1.82) is 0 Å². The van der Waals surface area contributed by atoms with E-state index in [1.807, 2.05) is 0 Å². The van der Waals surface area contributed by atoms with Crippen LogP contribution < -0.4 is 5.32 Å². The molecule has 1 N–H and O–H groups in total. The molecule has 0 aliphatic heterocycles. The number of hydrogen-bond acceptors (Lipinski definition) is 1. The quantitative estimate of drug-likeness (QED) is 0.680. The fourth-order valence-electron chi connectivity index (χ4n) is 3.09. The molecule has 1 aliphatic rings. The molecule has 2 heteroatoms. The molecule has 0 heterocycles. The number of hydrogen-bond donors (Lipinski definition) is 1. The Bertz CT molecular complexity index is 244. The molecule has 1 aliphatic carbocycles. The van der Waals surface area contributed by atoms with E-state index in [-0.39, 0.29) is 5.91 Å². The van der Waals surface area contributed by atoms with Gasteiger partial charge in [0.2, 0.25) is 5.91 Å². The van der Waals surface area contributed by atoms with Gasteiger partial charge in [-0.05, 0) is 37.5 Å². The second-order valence-corrected chi connectivity index (χ2v) is 6.65. The summed E-state index contributed by atoms with van der Waals surface area (Å²) in [5.41, 5.74) is 0. The second-order valence-electron chi connectivity index (χ2n) is 6.65. The fourth-order valence-corrected chi connectivity index (χ4v) is 3.09. The molecule has 0 spiro atoms. The highest BCUT2D eigenvalue weighted by Gasteiger charge is 2.24. The molecule has 19 heavy (non-hydrogen) atoms. The van der Waals surface area contributed by atoms with Gasteiger partial charge in [-0.1, -0.05) is 52.9 Å². The maximum Gasteiger partial charge on any atom is 0.220 e. The number of nitrogens with one attached hydrogen (secondary N) is 1. The maximum absolute atomic E-state index is 12.1. The lowest BCUT2D eigenvalue weighted by atomic mass is 9.82. The van der Waals surface area contributed by atoms with Crippen LogP contribution in [0.3, 0.4) is 0 Å².